The Balaban J connectivity index is 1.84. The van der Waals surface area contributed by atoms with Gasteiger partial charge in [0.15, 0.2) is 6.10 Å². The highest BCUT2D eigenvalue weighted by Crippen LogP contribution is 2.29. The van der Waals surface area contributed by atoms with Crippen molar-refractivity contribution in [2.75, 3.05) is 18.1 Å². The van der Waals surface area contributed by atoms with Crippen LogP contribution >= 0.6 is 0 Å². The Morgan fingerprint density at radius 3 is 2.18 bits per heavy atom. The maximum Gasteiger partial charge on any atom is 0.416 e. The Morgan fingerprint density at radius 2 is 1.48 bits per heavy atom. The van der Waals surface area contributed by atoms with Gasteiger partial charge in [-0.15, -0.1) is 0 Å². The number of aliphatic hydroxyl groups excluding tert-OH is 1. The normalized spacial score (nSPS) is 12.5. The van der Waals surface area contributed by atoms with Crippen LogP contribution < -0.4 is 14.4 Å². The van der Waals surface area contributed by atoms with Crippen LogP contribution in [-0.2, 0) is 6.54 Å². The summed E-state index contributed by atoms with van der Waals surface area (Å²) in [5, 5.41) is 9.69. The Kier molecular flexibility index (Phi) is 8.11. The summed E-state index contributed by atoms with van der Waals surface area (Å²) in [5.74, 6) is 1.13. The van der Waals surface area contributed by atoms with Crippen LogP contribution in [0.15, 0.2) is 78.9 Å². The third kappa shape index (κ3) is 7.64. The lowest BCUT2D eigenvalue weighted by Gasteiger charge is -2.29. The molecule has 3 aromatic carbocycles. The minimum Gasteiger partial charge on any atom is -0.488 e. The molecule has 1 atom stereocenters. The molecule has 0 amide bonds. The zero-order chi connectivity index (χ0) is 23.8. The van der Waals surface area contributed by atoms with Gasteiger partial charge in [-0.25, -0.2) is 8.78 Å². The second-order valence-corrected chi connectivity index (χ2v) is 7.20. The Labute approximate surface area is 187 Å². The number of rotatable bonds is 10. The highest BCUT2D eigenvalue weighted by Gasteiger charge is 2.39. The van der Waals surface area contributed by atoms with Crippen molar-refractivity contribution >= 4 is 5.69 Å². The number of ether oxygens (including phenoxy) is 2. The largest absolute Gasteiger partial charge is 0.488 e. The molecule has 0 unspecified atom stereocenters. The van der Waals surface area contributed by atoms with Gasteiger partial charge in [0, 0.05) is 18.3 Å². The van der Waals surface area contributed by atoms with Crippen molar-refractivity contribution in [2.24, 2.45) is 0 Å². The van der Waals surface area contributed by atoms with Crippen molar-refractivity contribution < 1.29 is 36.5 Å². The lowest BCUT2D eigenvalue weighted by atomic mass is 10.1. The van der Waals surface area contributed by atoms with Crippen LogP contribution in [-0.4, -0.2) is 37.0 Å². The fourth-order valence-corrected chi connectivity index (χ4v) is 3.06. The number of alkyl halides is 5. The first-order valence-electron chi connectivity index (χ1n) is 10.0. The summed E-state index contributed by atoms with van der Waals surface area (Å²) in [5.41, 5.74) is 0.899. The fraction of sp³-hybridized carbons (Fsp3) is 0.250. The predicted octanol–water partition coefficient (Wildman–Crippen LogP) is 6.05. The Bertz CT molecular complexity index is 1010. The third-order valence-electron chi connectivity index (χ3n) is 4.58. The summed E-state index contributed by atoms with van der Waals surface area (Å²) in [6.07, 6.45) is -10.0. The van der Waals surface area contributed by atoms with Crippen LogP contribution in [0.1, 0.15) is 5.56 Å². The van der Waals surface area contributed by atoms with E-state index in [0.29, 0.717) is 22.7 Å². The van der Waals surface area contributed by atoms with Crippen LogP contribution in [0.2, 0.25) is 0 Å². The SMILES string of the molecule is O[C@@H](CN(Cc1cccc(OCC(F)F)c1)c1cccc(Oc2ccccc2)c1)C(F)(F)F. The van der Waals surface area contributed by atoms with Gasteiger partial charge in [-0.05, 0) is 42.0 Å². The van der Waals surface area contributed by atoms with Gasteiger partial charge in [-0.2, -0.15) is 13.2 Å². The monoisotopic (exact) mass is 467 g/mol. The van der Waals surface area contributed by atoms with E-state index in [1.54, 1.807) is 60.7 Å². The molecule has 0 aliphatic rings. The van der Waals surface area contributed by atoms with Crippen LogP contribution in [0, 0.1) is 0 Å². The zero-order valence-corrected chi connectivity index (χ0v) is 17.4. The molecule has 9 heteroatoms. The first kappa shape index (κ1) is 24.3. The quantitative estimate of drug-likeness (QED) is 0.369. The molecule has 0 aliphatic heterocycles. The van der Waals surface area contributed by atoms with Gasteiger partial charge in [0.1, 0.15) is 23.9 Å². The summed E-state index contributed by atoms with van der Waals surface area (Å²) in [4.78, 5) is 1.34. The van der Waals surface area contributed by atoms with Gasteiger partial charge in [0.2, 0.25) is 0 Å². The topological polar surface area (TPSA) is 41.9 Å². The minimum atomic E-state index is -4.81. The summed E-state index contributed by atoms with van der Waals surface area (Å²) in [7, 11) is 0. The molecule has 0 saturated heterocycles. The molecule has 3 aromatic rings. The molecule has 0 saturated carbocycles. The molecule has 0 spiro atoms. The molecular formula is C24H22F5NO3. The van der Waals surface area contributed by atoms with Crippen LogP contribution in [0.5, 0.6) is 17.2 Å². The van der Waals surface area contributed by atoms with Gasteiger partial charge in [0.05, 0.1) is 6.54 Å². The number of anilines is 1. The number of nitrogens with zero attached hydrogens (tertiary/aromatic N) is 1. The standard InChI is InChI=1S/C24H22F5NO3/c25-23(26)16-32-20-10-4-6-17(12-20)14-30(15-22(31)24(27,28)29)18-7-5-11-21(13-18)33-19-8-2-1-3-9-19/h1-13,22-23,31H,14-16H2/t22-/m0/s1. The Hall–Kier alpha value is -3.33. The number of hydrogen-bond donors (Lipinski definition) is 1. The average molecular weight is 467 g/mol. The van der Waals surface area contributed by atoms with E-state index in [4.69, 9.17) is 9.47 Å². The van der Waals surface area contributed by atoms with Crippen molar-refractivity contribution in [3.05, 3.63) is 84.4 Å². The third-order valence-corrected chi connectivity index (χ3v) is 4.58. The molecule has 0 radical (unpaired) electrons. The zero-order valence-electron chi connectivity index (χ0n) is 17.4. The van der Waals surface area contributed by atoms with Gasteiger partial charge in [-0.3, -0.25) is 0 Å². The fourth-order valence-electron chi connectivity index (χ4n) is 3.06. The predicted molar refractivity (Wildman–Crippen MR) is 114 cm³/mol. The first-order valence-corrected chi connectivity index (χ1v) is 10.0. The minimum absolute atomic E-state index is 0.0339. The highest BCUT2D eigenvalue weighted by atomic mass is 19.4. The Morgan fingerprint density at radius 1 is 0.818 bits per heavy atom. The van der Waals surface area contributed by atoms with Crippen LogP contribution in [0.25, 0.3) is 0 Å². The molecule has 0 heterocycles. The molecule has 4 nitrogen and oxygen atoms in total. The van der Waals surface area contributed by atoms with E-state index in [1.165, 1.54) is 17.0 Å². The van der Waals surface area contributed by atoms with Crippen molar-refractivity contribution in [2.45, 2.75) is 25.3 Å². The number of halogens is 5. The molecule has 33 heavy (non-hydrogen) atoms. The number of aliphatic hydroxyl groups is 1. The van der Waals surface area contributed by atoms with E-state index >= 15 is 0 Å². The van der Waals surface area contributed by atoms with Crippen molar-refractivity contribution in [3.63, 3.8) is 0 Å². The summed E-state index contributed by atoms with van der Waals surface area (Å²) < 4.78 is 74.8. The van der Waals surface area contributed by atoms with Crippen LogP contribution in [0.4, 0.5) is 27.6 Å². The van der Waals surface area contributed by atoms with Gasteiger partial charge in [0.25, 0.3) is 6.43 Å². The number of hydrogen-bond acceptors (Lipinski definition) is 4. The van der Waals surface area contributed by atoms with Gasteiger partial charge in [-0.1, -0.05) is 36.4 Å². The average Bonchev–Trinajstić information content (AvgIpc) is 2.78. The summed E-state index contributed by atoms with van der Waals surface area (Å²) >= 11 is 0. The van der Waals surface area contributed by atoms with Crippen molar-refractivity contribution in [3.8, 4) is 17.2 Å². The van der Waals surface area contributed by atoms with E-state index in [0.717, 1.165) is 0 Å². The van der Waals surface area contributed by atoms with E-state index in [2.05, 4.69) is 0 Å². The smallest absolute Gasteiger partial charge is 0.416 e. The van der Waals surface area contributed by atoms with Crippen molar-refractivity contribution in [1.82, 2.24) is 0 Å². The molecule has 0 aliphatic carbocycles. The second-order valence-electron chi connectivity index (χ2n) is 7.20. The van der Waals surface area contributed by atoms with Crippen LogP contribution in [0.3, 0.4) is 0 Å². The van der Waals surface area contributed by atoms with Gasteiger partial charge < -0.3 is 19.5 Å². The molecule has 1 N–H and O–H groups in total. The van der Waals surface area contributed by atoms with E-state index in [9.17, 15) is 27.1 Å². The van der Waals surface area contributed by atoms with Crippen molar-refractivity contribution in [1.29, 1.82) is 0 Å². The maximum absolute atomic E-state index is 13.1. The highest BCUT2D eigenvalue weighted by molar-refractivity contribution is 5.52. The number of benzene rings is 3. The maximum atomic E-state index is 13.1. The second kappa shape index (κ2) is 11.0. The molecule has 3 rings (SSSR count). The molecule has 0 bridgehead atoms. The van der Waals surface area contributed by atoms with Gasteiger partial charge >= 0.3 is 6.18 Å². The lowest BCUT2D eigenvalue weighted by molar-refractivity contribution is -0.200. The molecule has 0 fully saturated rings. The summed E-state index contributed by atoms with van der Waals surface area (Å²) in [6, 6.07) is 21.5. The molecule has 0 aromatic heterocycles. The summed E-state index contributed by atoms with van der Waals surface area (Å²) in [6.45, 7) is -1.56. The van der Waals surface area contributed by atoms with E-state index < -0.39 is 31.9 Å². The van der Waals surface area contributed by atoms with E-state index in [-0.39, 0.29) is 12.3 Å². The number of para-hydroxylation sites is 1. The van der Waals surface area contributed by atoms with E-state index in [1.807, 2.05) is 6.07 Å². The lowest BCUT2D eigenvalue weighted by Crippen LogP contribution is -2.40. The molecular weight excluding hydrogens is 445 g/mol. The molecule has 176 valence electrons. The first-order chi connectivity index (χ1) is 15.7.